The molecule has 3 unspecified atom stereocenters. The van der Waals surface area contributed by atoms with Crippen LogP contribution in [-0.2, 0) is 0 Å². The van der Waals surface area contributed by atoms with E-state index in [9.17, 15) is 4.79 Å². The van der Waals surface area contributed by atoms with E-state index in [0.29, 0.717) is 24.9 Å². The largest absolute Gasteiger partial charge is 0.465 e. The van der Waals surface area contributed by atoms with E-state index in [1.54, 1.807) is 6.08 Å². The van der Waals surface area contributed by atoms with Gasteiger partial charge in [-0.25, -0.2) is 4.79 Å². The van der Waals surface area contributed by atoms with Crippen LogP contribution in [0, 0.1) is 22.7 Å². The van der Waals surface area contributed by atoms with E-state index < -0.39 is 6.09 Å². The molecule has 19 heavy (non-hydrogen) atoms. The SMILES string of the molecule is CC1C2CC2(C)C1(C)C.[B]C1=CCN(C(=O)O)CC1. The molecule has 3 nitrogen and oxygen atoms in total. The molecule has 0 spiro atoms. The first kappa shape index (κ1) is 14.5. The molecule has 3 atom stereocenters. The van der Waals surface area contributed by atoms with Gasteiger partial charge in [0.05, 0.1) is 0 Å². The zero-order chi connectivity index (χ0) is 14.4. The van der Waals surface area contributed by atoms with Crippen LogP contribution in [0.25, 0.3) is 0 Å². The lowest BCUT2D eigenvalue weighted by Crippen LogP contribution is -2.43. The van der Waals surface area contributed by atoms with Crippen molar-refractivity contribution in [1.29, 1.82) is 0 Å². The van der Waals surface area contributed by atoms with Crippen molar-refractivity contribution >= 4 is 13.9 Å². The summed E-state index contributed by atoms with van der Waals surface area (Å²) in [5.41, 5.74) is 2.20. The standard InChI is InChI=1S/C9H16.C6H8BNO2/c1-6-7-5-9(7,4)8(6,2)3;7-5-1-3-8(4-2-5)6(9)10/h6-7H,5H2,1-4H3;1H,2-4H2,(H,9,10). The summed E-state index contributed by atoms with van der Waals surface area (Å²) in [5.74, 6) is 2.08. The number of nitrogens with zero attached hydrogens (tertiary/aromatic N) is 1. The number of amides is 1. The van der Waals surface area contributed by atoms with Crippen LogP contribution in [0.15, 0.2) is 11.5 Å². The van der Waals surface area contributed by atoms with E-state index in [0.717, 1.165) is 22.7 Å². The second kappa shape index (κ2) is 4.57. The van der Waals surface area contributed by atoms with Gasteiger partial charge >= 0.3 is 6.09 Å². The van der Waals surface area contributed by atoms with E-state index in [2.05, 4.69) is 27.7 Å². The Morgan fingerprint density at radius 3 is 2.37 bits per heavy atom. The van der Waals surface area contributed by atoms with Gasteiger partial charge in [-0.2, -0.15) is 0 Å². The molecule has 1 heterocycles. The predicted octanol–water partition coefficient (Wildman–Crippen LogP) is 3.11. The van der Waals surface area contributed by atoms with Crippen LogP contribution in [0.5, 0.6) is 0 Å². The number of carboxylic acid groups (broad SMARTS) is 1. The third-order valence-electron chi connectivity index (χ3n) is 6.03. The fourth-order valence-corrected chi connectivity index (χ4v) is 3.65. The Hall–Kier alpha value is -0.925. The Morgan fingerprint density at radius 1 is 1.47 bits per heavy atom. The highest BCUT2D eigenvalue weighted by atomic mass is 16.4. The fourth-order valence-electron chi connectivity index (χ4n) is 3.65. The number of hydrogen-bond donors (Lipinski definition) is 1. The van der Waals surface area contributed by atoms with Crippen LogP contribution in [0.1, 0.15) is 40.5 Å². The summed E-state index contributed by atoms with van der Waals surface area (Å²) in [6.45, 7) is 10.6. The molecule has 3 aliphatic rings. The lowest BCUT2D eigenvalue weighted by molar-refractivity contribution is -0.00718. The van der Waals surface area contributed by atoms with Crippen molar-refractivity contribution in [2.45, 2.75) is 40.5 Å². The maximum Gasteiger partial charge on any atom is 0.407 e. The average molecular weight is 261 g/mol. The highest BCUT2D eigenvalue weighted by Crippen LogP contribution is 2.79. The Kier molecular flexibility index (Phi) is 3.48. The molecule has 0 bridgehead atoms. The van der Waals surface area contributed by atoms with Crippen LogP contribution in [0.2, 0.25) is 0 Å². The second-order valence-corrected chi connectivity index (χ2v) is 7.00. The van der Waals surface area contributed by atoms with Crippen molar-refractivity contribution in [3.05, 3.63) is 11.5 Å². The third-order valence-corrected chi connectivity index (χ3v) is 6.03. The Morgan fingerprint density at radius 2 is 2.11 bits per heavy atom. The molecule has 1 N–H and O–H groups in total. The van der Waals surface area contributed by atoms with Gasteiger partial charge in [-0.05, 0) is 35.5 Å². The van der Waals surface area contributed by atoms with Gasteiger partial charge in [0.25, 0.3) is 0 Å². The van der Waals surface area contributed by atoms with Crippen molar-refractivity contribution in [2.24, 2.45) is 22.7 Å². The van der Waals surface area contributed by atoms with Crippen LogP contribution in [-0.4, -0.2) is 37.0 Å². The third kappa shape index (κ3) is 2.30. The highest BCUT2D eigenvalue weighted by molar-refractivity contribution is 6.21. The average Bonchev–Trinajstić information content (AvgIpc) is 3.01. The molecule has 0 saturated heterocycles. The number of rotatable bonds is 0. The first-order valence-electron chi connectivity index (χ1n) is 7.12. The molecule has 2 saturated carbocycles. The Bertz CT molecular complexity index is 418. The zero-order valence-electron chi connectivity index (χ0n) is 12.4. The molecule has 0 aromatic carbocycles. The van der Waals surface area contributed by atoms with Gasteiger partial charge in [0.15, 0.2) is 0 Å². The summed E-state index contributed by atoms with van der Waals surface area (Å²) >= 11 is 0. The van der Waals surface area contributed by atoms with Crippen molar-refractivity contribution in [3.8, 4) is 0 Å². The first-order chi connectivity index (χ1) is 8.70. The minimum Gasteiger partial charge on any atom is -0.465 e. The molecule has 1 amide bonds. The minimum atomic E-state index is -0.872. The molecule has 1 aliphatic heterocycles. The van der Waals surface area contributed by atoms with Crippen molar-refractivity contribution in [1.82, 2.24) is 4.90 Å². The van der Waals surface area contributed by atoms with E-state index in [1.165, 1.54) is 11.3 Å². The van der Waals surface area contributed by atoms with Crippen LogP contribution in [0.3, 0.4) is 0 Å². The van der Waals surface area contributed by atoms with Gasteiger partial charge in [-0.3, -0.25) is 0 Å². The van der Waals surface area contributed by atoms with Crippen LogP contribution >= 0.6 is 0 Å². The lowest BCUT2D eigenvalue weighted by Gasteiger charge is -2.49. The van der Waals surface area contributed by atoms with Crippen molar-refractivity contribution in [3.63, 3.8) is 0 Å². The molecular formula is C15H24BNO2. The lowest BCUT2D eigenvalue weighted by atomic mass is 9.56. The van der Waals surface area contributed by atoms with Gasteiger partial charge in [0.2, 0.25) is 0 Å². The molecule has 0 aromatic rings. The molecule has 4 heteroatoms. The topological polar surface area (TPSA) is 40.5 Å². The summed E-state index contributed by atoms with van der Waals surface area (Å²) in [4.78, 5) is 11.6. The zero-order valence-corrected chi connectivity index (χ0v) is 12.4. The maximum atomic E-state index is 10.3. The summed E-state index contributed by atoms with van der Waals surface area (Å²) < 4.78 is 0. The van der Waals surface area contributed by atoms with Crippen LogP contribution < -0.4 is 0 Å². The van der Waals surface area contributed by atoms with Crippen molar-refractivity contribution < 1.29 is 9.90 Å². The summed E-state index contributed by atoms with van der Waals surface area (Å²) in [6, 6.07) is 0. The van der Waals surface area contributed by atoms with E-state index in [-0.39, 0.29) is 0 Å². The number of carbonyl (C=O) groups is 1. The van der Waals surface area contributed by atoms with Gasteiger partial charge < -0.3 is 10.0 Å². The molecule has 2 fully saturated rings. The molecule has 104 valence electrons. The van der Waals surface area contributed by atoms with E-state index >= 15 is 0 Å². The highest BCUT2D eigenvalue weighted by Gasteiger charge is 2.73. The molecule has 0 aromatic heterocycles. The quantitative estimate of drug-likeness (QED) is 0.680. The molecular weight excluding hydrogens is 237 g/mol. The van der Waals surface area contributed by atoms with Gasteiger partial charge in [0.1, 0.15) is 7.85 Å². The molecule has 2 aliphatic carbocycles. The monoisotopic (exact) mass is 261 g/mol. The molecule has 2 radical (unpaired) electrons. The Labute approximate surface area is 117 Å². The number of hydrogen-bond acceptors (Lipinski definition) is 1. The maximum absolute atomic E-state index is 10.3. The van der Waals surface area contributed by atoms with Gasteiger partial charge in [-0.15, -0.1) is 5.47 Å². The summed E-state index contributed by atoms with van der Waals surface area (Å²) in [7, 11) is 5.44. The predicted molar refractivity (Wildman–Crippen MR) is 77.2 cm³/mol. The van der Waals surface area contributed by atoms with Crippen LogP contribution in [0.4, 0.5) is 4.79 Å². The van der Waals surface area contributed by atoms with Gasteiger partial charge in [0, 0.05) is 13.1 Å². The normalized spacial score (nSPS) is 38.1. The second-order valence-electron chi connectivity index (χ2n) is 7.00. The van der Waals surface area contributed by atoms with E-state index in [1.807, 2.05) is 0 Å². The summed E-state index contributed by atoms with van der Waals surface area (Å²) in [6.07, 6.45) is 3.02. The van der Waals surface area contributed by atoms with Gasteiger partial charge in [-0.1, -0.05) is 33.8 Å². The van der Waals surface area contributed by atoms with Crippen molar-refractivity contribution in [2.75, 3.05) is 13.1 Å². The minimum absolute atomic E-state index is 0.432. The Balaban J connectivity index is 0.000000141. The summed E-state index contributed by atoms with van der Waals surface area (Å²) in [5, 5.41) is 8.48. The fraction of sp³-hybridized carbons (Fsp3) is 0.800. The first-order valence-corrected chi connectivity index (χ1v) is 7.12. The van der Waals surface area contributed by atoms with E-state index in [4.69, 9.17) is 13.0 Å². The smallest absolute Gasteiger partial charge is 0.407 e. The number of fused-ring (bicyclic) bond motifs is 1. The molecule has 3 rings (SSSR count).